The van der Waals surface area contributed by atoms with Crippen LogP contribution in [0.15, 0.2) is 0 Å². The average Bonchev–Trinajstić information content (AvgIpc) is 1.00. The third-order valence-electron chi connectivity index (χ3n) is 0. The van der Waals surface area contributed by atoms with Gasteiger partial charge in [-0.25, -0.2) is 0 Å². The Hall–Kier alpha value is 2.15. The van der Waals surface area contributed by atoms with Gasteiger partial charge in [0.1, 0.15) is 0 Å². The second-order valence-electron chi connectivity index (χ2n) is 0. The van der Waals surface area contributed by atoms with Crippen LogP contribution in [0.1, 0.15) is 0 Å². The van der Waals surface area contributed by atoms with Gasteiger partial charge < -0.3 is 0 Å². The Morgan fingerprint density at radius 3 is 1.25 bits per heavy atom. The van der Waals surface area contributed by atoms with E-state index < -0.39 is 0 Å². The minimum Gasteiger partial charge on any atom is 0 e. The van der Waals surface area contributed by atoms with Crippen molar-refractivity contribution in [2.24, 2.45) is 0 Å². The van der Waals surface area contributed by atoms with E-state index in [0.29, 0.717) is 0 Å². The molecule has 0 spiro atoms. The molecule has 0 heterocycles. The van der Waals surface area contributed by atoms with Crippen molar-refractivity contribution in [2.45, 2.75) is 0 Å². The van der Waals surface area contributed by atoms with Crippen molar-refractivity contribution in [1.82, 2.24) is 0 Å². The minimum absolute atomic E-state index is 0. The monoisotopic (exact) mass is 183 g/mol. The van der Waals surface area contributed by atoms with Crippen molar-refractivity contribution in [2.75, 3.05) is 0 Å². The van der Waals surface area contributed by atoms with Gasteiger partial charge in [-0.15, -0.1) is 0 Å². The molecule has 0 aliphatic carbocycles. The van der Waals surface area contributed by atoms with Crippen LogP contribution < -0.4 is 0 Å². The van der Waals surface area contributed by atoms with Crippen LogP contribution in [0, 0.1) is 0 Å². The van der Waals surface area contributed by atoms with Gasteiger partial charge in [0.2, 0.25) is 0 Å². The zero-order valence-corrected chi connectivity index (χ0v) is 5.89. The quantitative estimate of drug-likeness (QED) is 0.426. The first kappa shape index (κ1) is 16.4. The van der Waals surface area contributed by atoms with Gasteiger partial charge in [-0.05, 0) is 0 Å². The molecule has 4 heteroatoms. The van der Waals surface area contributed by atoms with Crippen LogP contribution in [0.4, 0.5) is 0 Å². The van der Waals surface area contributed by atoms with Crippen molar-refractivity contribution in [3.05, 3.63) is 0 Å². The predicted molar refractivity (Wildman–Crippen MR) is 10.6 cm³/mol. The fourth-order valence-corrected chi connectivity index (χ4v) is 0. The molecule has 0 aromatic rings. The molecule has 0 rings (SSSR count). The van der Waals surface area contributed by atoms with Gasteiger partial charge in [0.05, 0.1) is 0 Å². The van der Waals surface area contributed by atoms with Crippen LogP contribution in [-0.4, -0.2) is 17.4 Å². The number of rotatable bonds is 0. The van der Waals surface area contributed by atoms with E-state index in [4.69, 9.17) is 3.32 Å². The molecule has 0 amide bonds. The summed E-state index contributed by atoms with van der Waals surface area (Å²) in [6.45, 7) is 0. The molecule has 19 valence electrons. The summed E-state index contributed by atoms with van der Waals surface area (Å²) in [5.41, 5.74) is 0. The molecule has 1 nitrogen and oxygen atoms in total. The van der Waals surface area contributed by atoms with E-state index in [-0.39, 0.29) is 50.1 Å². The van der Waals surface area contributed by atoms with E-state index >= 15 is 0 Å². The zero-order chi connectivity index (χ0) is 2.00. The Bertz CT molecular complexity index is 8.00. The van der Waals surface area contributed by atoms with Gasteiger partial charge in [0.15, 0.2) is 17.4 Å². The van der Waals surface area contributed by atoms with E-state index in [2.05, 4.69) is 0 Å². The van der Waals surface area contributed by atoms with Gasteiger partial charge in [-0.2, -0.15) is 0 Å². The van der Waals surface area contributed by atoms with Crippen LogP contribution in [0.2, 0.25) is 0 Å². The molecule has 0 saturated heterocycles. The molecule has 0 unspecified atom stereocenters. The average molecular weight is 183 g/mol. The van der Waals surface area contributed by atoms with Crippen molar-refractivity contribution in [3.8, 4) is 0 Å². The van der Waals surface area contributed by atoms with Crippen LogP contribution >= 0.6 is 0 Å². The van der Waals surface area contributed by atoms with Crippen LogP contribution in [0.3, 0.4) is 0 Å². The van der Waals surface area contributed by atoms with Gasteiger partial charge in [-0.1, -0.05) is 0 Å². The molecule has 0 aromatic heterocycles. The van der Waals surface area contributed by atoms with E-state index in [9.17, 15) is 0 Å². The van der Waals surface area contributed by atoms with Crippen molar-refractivity contribution < 1.29 is 56.4 Å². The second-order valence-corrected chi connectivity index (χ2v) is 0. The summed E-state index contributed by atoms with van der Waals surface area (Å²) in [6, 6.07) is 0. The molecule has 0 atom stereocenters. The van der Waals surface area contributed by atoms with E-state index in [1.54, 1.807) is 0 Å². The maximum Gasteiger partial charge on any atom is 0 e. The smallest absolute Gasteiger partial charge is 0 e. The number of hydrogen-bond donors (Lipinski definition) is 0. The SMILES string of the molecule is [AlH3].[O]=[Ti].[Y]. The van der Waals surface area contributed by atoms with Crippen molar-refractivity contribution in [1.29, 1.82) is 0 Å². The Morgan fingerprint density at radius 2 is 1.25 bits per heavy atom. The predicted octanol–water partition coefficient (Wildman–Crippen LogP) is -1.31. The fraction of sp³-hybridized carbons (Fsp3) is 0. The van der Waals surface area contributed by atoms with E-state index in [1.807, 2.05) is 0 Å². The van der Waals surface area contributed by atoms with Crippen LogP contribution in [0.25, 0.3) is 0 Å². The molecule has 1 radical (unpaired) electrons. The second kappa shape index (κ2) is 19.2. The maximum atomic E-state index is 8.25. The molecule has 0 aromatic carbocycles. The normalized spacial score (nSPS) is 0.750. The molecule has 0 bridgehead atoms. The first-order valence-corrected chi connectivity index (χ1v) is 0.842. The first-order valence-electron chi connectivity index (χ1n) is 0.204. The molecule has 4 heavy (non-hydrogen) atoms. The summed E-state index contributed by atoms with van der Waals surface area (Å²) in [5, 5.41) is 0. The molecule has 0 saturated carbocycles. The third-order valence-corrected chi connectivity index (χ3v) is 0. The Kier molecular flexibility index (Phi) is 78.8. The van der Waals surface area contributed by atoms with Crippen molar-refractivity contribution >= 4 is 17.4 Å². The molecule has 0 N–H and O–H groups in total. The molecular formula is H3AlOTiY. The number of hydrogen-bond acceptors (Lipinski definition) is 1. The Labute approximate surface area is 72.6 Å². The topological polar surface area (TPSA) is 17.1 Å². The molecule has 0 aliphatic rings. The van der Waals surface area contributed by atoms with Gasteiger partial charge >= 0.3 is 23.7 Å². The summed E-state index contributed by atoms with van der Waals surface area (Å²) in [4.78, 5) is 0. The summed E-state index contributed by atoms with van der Waals surface area (Å²) in [7, 11) is 0. The third kappa shape index (κ3) is 8.91. The van der Waals surface area contributed by atoms with Gasteiger partial charge in [-0.3, -0.25) is 0 Å². The summed E-state index contributed by atoms with van der Waals surface area (Å²) in [5.74, 6) is 0. The zero-order valence-electron chi connectivity index (χ0n) is 1.49. The Balaban J connectivity index is -0.00000000500. The molecule has 0 aliphatic heterocycles. The first-order chi connectivity index (χ1) is 1.00. The molecular weight excluding hydrogens is 180 g/mol. The van der Waals surface area contributed by atoms with Crippen molar-refractivity contribution in [3.63, 3.8) is 0 Å². The van der Waals surface area contributed by atoms with Crippen LogP contribution in [0.5, 0.6) is 0 Å². The summed E-state index contributed by atoms with van der Waals surface area (Å²) < 4.78 is 8.25. The van der Waals surface area contributed by atoms with Gasteiger partial charge in [0, 0.05) is 32.7 Å². The molecule has 0 fully saturated rings. The summed E-state index contributed by atoms with van der Waals surface area (Å²) in [6.07, 6.45) is 0. The largest absolute Gasteiger partial charge is 0 e. The minimum atomic E-state index is 0. The van der Waals surface area contributed by atoms with E-state index in [1.165, 1.54) is 0 Å². The maximum absolute atomic E-state index is 8.25. The fourth-order valence-electron chi connectivity index (χ4n) is 0. The Morgan fingerprint density at radius 1 is 1.25 bits per heavy atom. The summed E-state index contributed by atoms with van der Waals surface area (Å²) >= 11 is 0.750. The standard InChI is InChI=1S/Al.O.Ti.Y.3H. The van der Waals surface area contributed by atoms with E-state index in [0.717, 1.165) is 20.4 Å². The van der Waals surface area contributed by atoms with Crippen LogP contribution in [-0.2, 0) is 56.4 Å². The van der Waals surface area contributed by atoms with Gasteiger partial charge in [0.25, 0.3) is 0 Å².